The molecule has 9 heteroatoms. The number of carbonyl (C=O) groups is 2. The van der Waals surface area contributed by atoms with Gasteiger partial charge in [-0.2, -0.15) is 0 Å². The molecule has 38 heavy (non-hydrogen) atoms. The molecule has 0 bridgehead atoms. The number of aryl methyl sites for hydroxylation is 1. The number of carboxylic acids is 1. The Kier molecular flexibility index (Phi) is 6.21. The van der Waals surface area contributed by atoms with Crippen molar-refractivity contribution in [1.82, 2.24) is 24.4 Å². The predicted octanol–water partition coefficient (Wildman–Crippen LogP) is 4.74. The number of benzene rings is 1. The van der Waals surface area contributed by atoms with Crippen LogP contribution in [0.4, 0.5) is 0 Å². The maximum absolute atomic E-state index is 13.2. The van der Waals surface area contributed by atoms with Crippen molar-refractivity contribution in [3.05, 3.63) is 100 Å². The molecule has 0 spiro atoms. The van der Waals surface area contributed by atoms with Gasteiger partial charge < -0.3 is 14.6 Å². The largest absolute Gasteiger partial charge is 0.477 e. The van der Waals surface area contributed by atoms with E-state index in [4.69, 9.17) is 15.1 Å². The number of hydrogen-bond donors (Lipinski definition) is 1. The highest BCUT2D eigenvalue weighted by molar-refractivity contribution is 7.15. The number of aromatic nitrogens is 4. The number of rotatable bonds is 6. The van der Waals surface area contributed by atoms with E-state index >= 15 is 0 Å². The average molecular weight is 524 g/mol. The van der Waals surface area contributed by atoms with Gasteiger partial charge in [-0.3, -0.25) is 4.79 Å². The van der Waals surface area contributed by atoms with Crippen LogP contribution in [-0.2, 0) is 30.7 Å². The lowest BCUT2D eigenvalue weighted by molar-refractivity contribution is -0.131. The number of aromatic carboxylic acids is 1. The van der Waals surface area contributed by atoms with Crippen LogP contribution in [0, 0.1) is 6.92 Å². The highest BCUT2D eigenvalue weighted by Crippen LogP contribution is 2.33. The van der Waals surface area contributed by atoms with Crippen LogP contribution in [0.2, 0.25) is 0 Å². The van der Waals surface area contributed by atoms with Gasteiger partial charge in [0.25, 0.3) is 0 Å². The van der Waals surface area contributed by atoms with Crippen LogP contribution >= 0.6 is 11.3 Å². The zero-order chi connectivity index (χ0) is 26.2. The SMILES string of the molecule is Cc1nc(-c2ccccc2)sc1Cn1c2c(c3cccnc31)CCN(C(=O)Cc1ccc(C(=O)O)nc1)C2. The normalized spacial score (nSPS) is 13.0. The first-order valence-corrected chi connectivity index (χ1v) is 13.2. The number of amides is 1. The number of nitrogens with zero attached hydrogens (tertiary/aromatic N) is 5. The van der Waals surface area contributed by atoms with Gasteiger partial charge in [0.2, 0.25) is 5.91 Å². The summed E-state index contributed by atoms with van der Waals surface area (Å²) in [6.45, 7) is 3.80. The quantitative estimate of drug-likeness (QED) is 0.345. The van der Waals surface area contributed by atoms with Gasteiger partial charge >= 0.3 is 5.97 Å². The lowest BCUT2D eigenvalue weighted by Gasteiger charge is -2.28. The molecule has 0 aliphatic carbocycles. The van der Waals surface area contributed by atoms with Crippen molar-refractivity contribution in [2.24, 2.45) is 0 Å². The number of hydrogen-bond acceptors (Lipinski definition) is 6. The van der Waals surface area contributed by atoms with Crippen molar-refractivity contribution in [3.63, 3.8) is 0 Å². The van der Waals surface area contributed by atoms with Crippen molar-refractivity contribution >= 4 is 34.2 Å². The molecule has 4 aromatic heterocycles. The van der Waals surface area contributed by atoms with Gasteiger partial charge in [0, 0.05) is 40.5 Å². The highest BCUT2D eigenvalue weighted by atomic mass is 32.1. The third kappa shape index (κ3) is 4.45. The molecule has 1 N–H and O–H groups in total. The van der Waals surface area contributed by atoms with E-state index in [0.29, 0.717) is 25.2 Å². The molecular weight excluding hydrogens is 498 g/mol. The summed E-state index contributed by atoms with van der Waals surface area (Å²) in [6.07, 6.45) is 4.21. The van der Waals surface area contributed by atoms with Crippen LogP contribution in [0.15, 0.2) is 67.0 Å². The minimum atomic E-state index is -1.08. The van der Waals surface area contributed by atoms with Crippen LogP contribution in [-0.4, -0.2) is 47.9 Å². The maximum atomic E-state index is 13.2. The van der Waals surface area contributed by atoms with Crippen LogP contribution in [0.25, 0.3) is 21.6 Å². The maximum Gasteiger partial charge on any atom is 0.354 e. The summed E-state index contributed by atoms with van der Waals surface area (Å²) in [6, 6.07) is 17.4. The van der Waals surface area contributed by atoms with Crippen molar-refractivity contribution in [3.8, 4) is 10.6 Å². The summed E-state index contributed by atoms with van der Waals surface area (Å²) in [5.74, 6) is -1.09. The molecule has 0 unspecified atom stereocenters. The Hall–Kier alpha value is -4.37. The van der Waals surface area contributed by atoms with Crippen molar-refractivity contribution < 1.29 is 14.7 Å². The molecule has 1 aliphatic heterocycles. The Morgan fingerprint density at radius 2 is 1.89 bits per heavy atom. The van der Waals surface area contributed by atoms with E-state index in [9.17, 15) is 9.59 Å². The van der Waals surface area contributed by atoms with Crippen molar-refractivity contribution in [2.45, 2.75) is 32.9 Å². The monoisotopic (exact) mass is 523 g/mol. The summed E-state index contributed by atoms with van der Waals surface area (Å²) in [4.78, 5) is 40.9. The average Bonchev–Trinajstić information content (AvgIpc) is 3.47. The fourth-order valence-corrected chi connectivity index (χ4v) is 6.06. The van der Waals surface area contributed by atoms with Crippen molar-refractivity contribution in [1.29, 1.82) is 0 Å². The van der Waals surface area contributed by atoms with Gasteiger partial charge in [-0.1, -0.05) is 36.4 Å². The first-order chi connectivity index (χ1) is 18.5. The molecule has 5 aromatic rings. The lowest BCUT2D eigenvalue weighted by Crippen LogP contribution is -2.37. The second kappa shape index (κ2) is 9.83. The van der Waals surface area contributed by atoms with Crippen LogP contribution < -0.4 is 0 Å². The molecule has 0 atom stereocenters. The van der Waals surface area contributed by atoms with E-state index in [0.717, 1.165) is 39.4 Å². The van der Waals surface area contributed by atoms with Crippen LogP contribution in [0.1, 0.15) is 37.9 Å². The first kappa shape index (κ1) is 24.0. The summed E-state index contributed by atoms with van der Waals surface area (Å²) in [5.41, 5.74) is 6.04. The van der Waals surface area contributed by atoms with E-state index in [1.54, 1.807) is 17.4 Å². The molecule has 1 aliphatic rings. The fraction of sp³-hybridized carbons (Fsp3) is 0.207. The van der Waals surface area contributed by atoms with Gasteiger partial charge in [-0.15, -0.1) is 11.3 Å². The van der Waals surface area contributed by atoms with E-state index in [-0.39, 0.29) is 18.0 Å². The summed E-state index contributed by atoms with van der Waals surface area (Å²) < 4.78 is 2.24. The molecule has 6 rings (SSSR count). The van der Waals surface area contributed by atoms with E-state index in [1.807, 2.05) is 42.3 Å². The van der Waals surface area contributed by atoms with Gasteiger partial charge in [-0.25, -0.2) is 19.7 Å². The third-order valence-corrected chi connectivity index (χ3v) is 8.17. The second-order valence-corrected chi connectivity index (χ2v) is 10.5. The van der Waals surface area contributed by atoms with E-state index in [2.05, 4.69) is 27.8 Å². The molecule has 1 aromatic carbocycles. The molecule has 0 fully saturated rings. The van der Waals surface area contributed by atoms with Gasteiger partial charge in [0.1, 0.15) is 16.3 Å². The number of thiazole rings is 1. The Balaban J connectivity index is 1.29. The molecular formula is C29H25N5O3S. The van der Waals surface area contributed by atoms with Crippen molar-refractivity contribution in [2.75, 3.05) is 6.54 Å². The predicted molar refractivity (Wildman–Crippen MR) is 145 cm³/mol. The second-order valence-electron chi connectivity index (χ2n) is 9.38. The molecule has 8 nitrogen and oxygen atoms in total. The number of fused-ring (bicyclic) bond motifs is 3. The van der Waals surface area contributed by atoms with Crippen LogP contribution in [0.3, 0.4) is 0 Å². The number of pyridine rings is 2. The van der Waals surface area contributed by atoms with E-state index in [1.165, 1.54) is 22.7 Å². The van der Waals surface area contributed by atoms with Crippen LogP contribution in [0.5, 0.6) is 0 Å². The number of carboxylic acid groups (broad SMARTS) is 1. The topological polar surface area (TPSA) is 101 Å². The van der Waals surface area contributed by atoms with E-state index < -0.39 is 5.97 Å². The molecule has 0 radical (unpaired) electrons. The Morgan fingerprint density at radius 3 is 2.66 bits per heavy atom. The fourth-order valence-electron chi connectivity index (χ4n) is 5.01. The van der Waals surface area contributed by atoms with Gasteiger partial charge in [-0.05, 0) is 42.7 Å². The zero-order valence-electron chi connectivity index (χ0n) is 20.8. The standard InChI is InChI=1S/C29H25N5O3S/c1-18-25(38-28(32-18)20-6-3-2-4-7-20)17-34-24-16-33(13-11-21(24)22-8-5-12-30-27(22)34)26(35)14-19-9-10-23(29(36)37)31-15-19/h2-10,12,15H,11,13-14,16-17H2,1H3,(H,36,37). The molecule has 5 heterocycles. The highest BCUT2D eigenvalue weighted by Gasteiger charge is 2.28. The van der Waals surface area contributed by atoms with Gasteiger partial charge in [0.15, 0.2) is 0 Å². The smallest absolute Gasteiger partial charge is 0.354 e. The zero-order valence-corrected chi connectivity index (χ0v) is 21.6. The minimum Gasteiger partial charge on any atom is -0.477 e. The Bertz CT molecular complexity index is 1660. The Labute approximate surface area is 223 Å². The molecule has 0 saturated heterocycles. The summed E-state index contributed by atoms with van der Waals surface area (Å²) >= 11 is 1.69. The third-order valence-electron chi connectivity index (χ3n) is 6.98. The molecule has 0 saturated carbocycles. The minimum absolute atomic E-state index is 0.00868. The molecule has 1 amide bonds. The number of carbonyl (C=O) groups excluding carboxylic acids is 1. The summed E-state index contributed by atoms with van der Waals surface area (Å²) in [7, 11) is 0. The van der Waals surface area contributed by atoms with Gasteiger partial charge in [0.05, 0.1) is 25.2 Å². The first-order valence-electron chi connectivity index (χ1n) is 12.4. The summed E-state index contributed by atoms with van der Waals surface area (Å²) in [5, 5.41) is 11.2. The lowest BCUT2D eigenvalue weighted by atomic mass is 10.0. The Morgan fingerprint density at radius 1 is 1.05 bits per heavy atom. The molecule has 190 valence electrons.